The van der Waals surface area contributed by atoms with Crippen LogP contribution in [0.15, 0.2) is 54.7 Å². The highest BCUT2D eigenvalue weighted by Crippen LogP contribution is 2.34. The molecule has 1 aliphatic rings. The molecule has 2 aromatic heterocycles. The number of carbonyl (C=O) groups excluding carboxylic acids is 1. The number of aromatic nitrogens is 3. The third kappa shape index (κ3) is 4.42. The molecular formula is C25H23FN4O4. The highest BCUT2D eigenvalue weighted by molar-refractivity contribution is 5.94. The van der Waals surface area contributed by atoms with Crippen molar-refractivity contribution in [3.8, 4) is 28.6 Å². The minimum atomic E-state index is -0.643. The molecule has 4 aromatic rings. The smallest absolute Gasteiger partial charge is 0.253 e. The van der Waals surface area contributed by atoms with E-state index in [4.69, 9.17) is 9.47 Å². The second-order valence-electron chi connectivity index (χ2n) is 8.15. The lowest BCUT2D eigenvalue weighted by Crippen LogP contribution is -2.42. The van der Waals surface area contributed by atoms with Gasteiger partial charge >= 0.3 is 0 Å². The number of pyridine rings is 1. The van der Waals surface area contributed by atoms with Crippen LogP contribution in [0, 0.1) is 5.82 Å². The lowest BCUT2D eigenvalue weighted by Gasteiger charge is -2.30. The molecule has 0 bridgehead atoms. The van der Waals surface area contributed by atoms with Gasteiger partial charge in [-0.2, -0.15) is 0 Å². The summed E-state index contributed by atoms with van der Waals surface area (Å²) in [7, 11) is 0. The van der Waals surface area contributed by atoms with E-state index >= 15 is 0 Å². The SMILES string of the molecule is CC(CO)Oc1cc(Oc2ccc(C(=O)N3CCC3)cc2F)cc(-c2nc3cccnc3[nH]2)c1. The van der Waals surface area contributed by atoms with Crippen LogP contribution in [-0.4, -0.2) is 56.7 Å². The first-order valence-corrected chi connectivity index (χ1v) is 11.0. The number of nitrogens with zero attached hydrogens (tertiary/aromatic N) is 3. The summed E-state index contributed by atoms with van der Waals surface area (Å²) in [5.74, 6) is 0.419. The second kappa shape index (κ2) is 9.11. The van der Waals surface area contributed by atoms with Crippen molar-refractivity contribution in [1.82, 2.24) is 19.9 Å². The van der Waals surface area contributed by atoms with E-state index in [0.29, 0.717) is 47.1 Å². The molecule has 1 aliphatic heterocycles. The maximum absolute atomic E-state index is 14.8. The first-order valence-electron chi connectivity index (χ1n) is 11.0. The predicted molar refractivity (Wildman–Crippen MR) is 123 cm³/mol. The summed E-state index contributed by atoms with van der Waals surface area (Å²) < 4.78 is 26.4. The van der Waals surface area contributed by atoms with Crippen LogP contribution >= 0.6 is 0 Å². The van der Waals surface area contributed by atoms with Crippen molar-refractivity contribution in [2.45, 2.75) is 19.4 Å². The zero-order valence-electron chi connectivity index (χ0n) is 18.5. The lowest BCUT2D eigenvalue weighted by atomic mass is 10.1. The van der Waals surface area contributed by atoms with E-state index < -0.39 is 11.9 Å². The Labute approximate surface area is 195 Å². The third-order valence-electron chi connectivity index (χ3n) is 5.55. The summed E-state index contributed by atoms with van der Waals surface area (Å²) in [5.41, 5.74) is 2.25. The fraction of sp³-hybridized carbons (Fsp3) is 0.240. The van der Waals surface area contributed by atoms with Crippen LogP contribution in [0.1, 0.15) is 23.7 Å². The van der Waals surface area contributed by atoms with Gasteiger partial charge in [-0.05, 0) is 55.8 Å². The Hall–Kier alpha value is -3.98. The minimum Gasteiger partial charge on any atom is -0.488 e. The van der Waals surface area contributed by atoms with E-state index in [-0.39, 0.29) is 23.8 Å². The molecule has 2 N–H and O–H groups in total. The number of aromatic amines is 1. The molecule has 34 heavy (non-hydrogen) atoms. The molecule has 1 amide bonds. The number of carbonyl (C=O) groups is 1. The summed E-state index contributed by atoms with van der Waals surface area (Å²) in [6, 6.07) is 12.9. The molecule has 0 spiro atoms. The number of imidazole rings is 1. The number of halogens is 1. The Bertz CT molecular complexity index is 1320. The van der Waals surface area contributed by atoms with E-state index in [9.17, 15) is 14.3 Å². The standard InChI is InChI=1S/C25H23FN4O4/c1-15(14-31)33-18-10-17(23-28-21-4-2-7-27-24(21)29-23)11-19(13-18)34-22-6-5-16(12-20(22)26)25(32)30-8-3-9-30/h2,4-7,10-13,15,31H,3,8-9,14H2,1H3,(H,27,28,29). The number of aliphatic hydroxyl groups excluding tert-OH is 1. The number of hydrogen-bond acceptors (Lipinski definition) is 6. The van der Waals surface area contributed by atoms with Gasteiger partial charge in [0.25, 0.3) is 5.91 Å². The summed E-state index contributed by atoms with van der Waals surface area (Å²) >= 11 is 0. The highest BCUT2D eigenvalue weighted by Gasteiger charge is 2.22. The molecule has 8 nitrogen and oxygen atoms in total. The largest absolute Gasteiger partial charge is 0.488 e. The van der Waals surface area contributed by atoms with Gasteiger partial charge in [-0.15, -0.1) is 0 Å². The molecule has 1 atom stereocenters. The topological polar surface area (TPSA) is 101 Å². The van der Waals surface area contributed by atoms with Gasteiger partial charge in [0.1, 0.15) is 28.9 Å². The number of aliphatic hydroxyl groups is 1. The summed E-state index contributed by atoms with van der Waals surface area (Å²) in [5, 5.41) is 9.39. The van der Waals surface area contributed by atoms with E-state index in [1.54, 1.807) is 48.4 Å². The summed E-state index contributed by atoms with van der Waals surface area (Å²) in [6.07, 6.45) is 2.18. The number of H-pyrrole nitrogens is 1. The maximum atomic E-state index is 14.8. The summed E-state index contributed by atoms with van der Waals surface area (Å²) in [6.45, 7) is 2.94. The van der Waals surface area contributed by atoms with Crippen LogP contribution in [0.3, 0.4) is 0 Å². The van der Waals surface area contributed by atoms with E-state index in [2.05, 4.69) is 15.0 Å². The molecule has 1 fully saturated rings. The number of amides is 1. The van der Waals surface area contributed by atoms with Crippen LogP contribution in [0.2, 0.25) is 0 Å². The molecule has 5 rings (SSSR count). The normalized spacial score (nSPS) is 14.0. The molecule has 3 heterocycles. The fourth-order valence-corrected chi connectivity index (χ4v) is 3.63. The van der Waals surface area contributed by atoms with Gasteiger partial charge in [-0.3, -0.25) is 4.79 Å². The Morgan fingerprint density at radius 1 is 1.21 bits per heavy atom. The van der Waals surface area contributed by atoms with Crippen molar-refractivity contribution < 1.29 is 23.8 Å². The van der Waals surface area contributed by atoms with E-state index in [1.165, 1.54) is 12.1 Å². The van der Waals surface area contributed by atoms with Gasteiger partial charge in [-0.25, -0.2) is 14.4 Å². The predicted octanol–water partition coefficient (Wildman–Crippen LogP) is 4.16. The zero-order chi connectivity index (χ0) is 23.7. The zero-order valence-corrected chi connectivity index (χ0v) is 18.5. The Morgan fingerprint density at radius 3 is 2.74 bits per heavy atom. The van der Waals surface area contributed by atoms with Crippen molar-refractivity contribution in [2.75, 3.05) is 19.7 Å². The molecule has 174 valence electrons. The van der Waals surface area contributed by atoms with Gasteiger partial charge in [-0.1, -0.05) is 0 Å². The van der Waals surface area contributed by atoms with E-state index in [1.807, 2.05) is 6.07 Å². The quantitative estimate of drug-likeness (QED) is 0.428. The van der Waals surface area contributed by atoms with Crippen LogP contribution in [0.4, 0.5) is 4.39 Å². The van der Waals surface area contributed by atoms with Crippen LogP contribution in [0.5, 0.6) is 17.2 Å². The Kier molecular flexibility index (Phi) is 5.85. The molecule has 1 unspecified atom stereocenters. The number of ether oxygens (including phenoxy) is 2. The van der Waals surface area contributed by atoms with Gasteiger partial charge in [0.2, 0.25) is 0 Å². The number of nitrogens with one attached hydrogen (secondary N) is 1. The van der Waals surface area contributed by atoms with Crippen molar-refractivity contribution in [2.24, 2.45) is 0 Å². The highest BCUT2D eigenvalue weighted by atomic mass is 19.1. The van der Waals surface area contributed by atoms with Gasteiger partial charge in [0.05, 0.1) is 6.61 Å². The minimum absolute atomic E-state index is 0.0234. The fourth-order valence-electron chi connectivity index (χ4n) is 3.63. The van der Waals surface area contributed by atoms with Crippen molar-refractivity contribution >= 4 is 17.1 Å². The average molecular weight is 462 g/mol. The van der Waals surface area contributed by atoms with E-state index in [0.717, 1.165) is 6.42 Å². The number of hydrogen-bond donors (Lipinski definition) is 2. The van der Waals surface area contributed by atoms with Gasteiger partial charge < -0.3 is 24.5 Å². The van der Waals surface area contributed by atoms with Crippen LogP contribution in [0.25, 0.3) is 22.6 Å². The molecule has 1 saturated heterocycles. The maximum Gasteiger partial charge on any atom is 0.253 e. The molecule has 2 aromatic carbocycles. The lowest BCUT2D eigenvalue weighted by molar-refractivity contribution is 0.0651. The van der Waals surface area contributed by atoms with Gasteiger partial charge in [0.15, 0.2) is 17.2 Å². The summed E-state index contributed by atoms with van der Waals surface area (Å²) in [4.78, 5) is 26.0. The molecule has 0 saturated carbocycles. The van der Waals surface area contributed by atoms with Crippen molar-refractivity contribution in [3.05, 3.63) is 66.1 Å². The Balaban J connectivity index is 1.47. The number of benzene rings is 2. The van der Waals surface area contributed by atoms with Crippen LogP contribution in [-0.2, 0) is 0 Å². The van der Waals surface area contributed by atoms with Crippen molar-refractivity contribution in [1.29, 1.82) is 0 Å². The van der Waals surface area contributed by atoms with Crippen LogP contribution < -0.4 is 9.47 Å². The number of fused-ring (bicyclic) bond motifs is 1. The first kappa shape index (κ1) is 21.8. The first-order chi connectivity index (χ1) is 16.5. The number of rotatable bonds is 7. The van der Waals surface area contributed by atoms with Crippen molar-refractivity contribution in [3.63, 3.8) is 0 Å². The van der Waals surface area contributed by atoms with Gasteiger partial charge in [0, 0.05) is 36.5 Å². The Morgan fingerprint density at radius 2 is 2.03 bits per heavy atom. The molecule has 9 heteroatoms. The molecule has 0 aliphatic carbocycles. The number of likely N-dealkylation sites (tertiary alicyclic amines) is 1. The third-order valence-corrected chi connectivity index (χ3v) is 5.55. The monoisotopic (exact) mass is 462 g/mol. The average Bonchev–Trinajstić information content (AvgIpc) is 3.23. The second-order valence-corrected chi connectivity index (χ2v) is 8.15. The molecular weight excluding hydrogens is 439 g/mol. The molecule has 0 radical (unpaired) electrons.